The average Bonchev–Trinajstić information content (AvgIpc) is 2.52. The molecule has 1 N–H and O–H groups in total. The van der Waals surface area contributed by atoms with Crippen LogP contribution in [-0.4, -0.2) is 11.1 Å². The monoisotopic (exact) mass is 276 g/mol. The minimum atomic E-state index is -1.05. The standard InChI is InChI=1S/C19H16O2/c20-19(21)18(15-14-17-10-5-2-6-11-17)13-7-12-16-8-3-1-4-9-16/h2,5-6,8,10-11,13H,1,3-4,9H2,(H,20,21)/b18-13+. The van der Waals surface area contributed by atoms with Gasteiger partial charge in [0.2, 0.25) is 0 Å². The van der Waals surface area contributed by atoms with Crippen molar-refractivity contribution in [3.8, 4) is 23.7 Å². The molecule has 2 nitrogen and oxygen atoms in total. The van der Waals surface area contributed by atoms with Crippen molar-refractivity contribution in [2.24, 2.45) is 0 Å². The number of hydrogen-bond donors (Lipinski definition) is 1. The predicted molar refractivity (Wildman–Crippen MR) is 83.4 cm³/mol. The molecule has 1 aromatic rings. The van der Waals surface area contributed by atoms with Gasteiger partial charge in [0.15, 0.2) is 0 Å². The fourth-order valence-corrected chi connectivity index (χ4v) is 1.96. The zero-order valence-electron chi connectivity index (χ0n) is 11.7. The van der Waals surface area contributed by atoms with Gasteiger partial charge in [0, 0.05) is 11.6 Å². The quantitative estimate of drug-likeness (QED) is 0.629. The van der Waals surface area contributed by atoms with Gasteiger partial charge in [0.25, 0.3) is 0 Å². The first kappa shape index (κ1) is 14.7. The summed E-state index contributed by atoms with van der Waals surface area (Å²) in [5, 5.41) is 9.14. The highest BCUT2D eigenvalue weighted by Gasteiger charge is 2.02. The van der Waals surface area contributed by atoms with Crippen molar-refractivity contribution in [2.75, 3.05) is 0 Å². The number of carboxylic acids is 1. The lowest BCUT2D eigenvalue weighted by Crippen LogP contribution is -1.97. The number of carboxylic acid groups (broad SMARTS) is 1. The maximum atomic E-state index is 11.1. The van der Waals surface area contributed by atoms with E-state index >= 15 is 0 Å². The van der Waals surface area contributed by atoms with E-state index in [-0.39, 0.29) is 5.57 Å². The third-order valence-corrected chi connectivity index (χ3v) is 3.09. The van der Waals surface area contributed by atoms with Gasteiger partial charge < -0.3 is 5.11 Å². The minimum Gasteiger partial charge on any atom is -0.477 e. The third-order valence-electron chi connectivity index (χ3n) is 3.09. The van der Waals surface area contributed by atoms with Gasteiger partial charge in [0.05, 0.1) is 0 Å². The average molecular weight is 276 g/mol. The smallest absolute Gasteiger partial charge is 0.344 e. The molecule has 0 unspecified atom stereocenters. The molecule has 0 atom stereocenters. The Morgan fingerprint density at radius 1 is 1.14 bits per heavy atom. The number of benzene rings is 1. The van der Waals surface area contributed by atoms with Crippen molar-refractivity contribution in [1.82, 2.24) is 0 Å². The summed E-state index contributed by atoms with van der Waals surface area (Å²) in [6.07, 6.45) is 7.92. The second kappa shape index (κ2) is 7.78. The van der Waals surface area contributed by atoms with Gasteiger partial charge in [0.1, 0.15) is 5.57 Å². The molecule has 1 aliphatic rings. The van der Waals surface area contributed by atoms with Gasteiger partial charge in [-0.3, -0.25) is 0 Å². The minimum absolute atomic E-state index is 0.0164. The molecule has 21 heavy (non-hydrogen) atoms. The number of rotatable bonds is 1. The molecule has 0 bridgehead atoms. The number of aliphatic carboxylic acids is 1. The van der Waals surface area contributed by atoms with E-state index in [1.807, 2.05) is 30.3 Å². The van der Waals surface area contributed by atoms with E-state index in [9.17, 15) is 4.79 Å². The molecule has 1 aromatic carbocycles. The summed E-state index contributed by atoms with van der Waals surface area (Å²) >= 11 is 0. The Kier molecular flexibility index (Phi) is 5.44. The van der Waals surface area contributed by atoms with E-state index in [4.69, 9.17) is 5.11 Å². The fourth-order valence-electron chi connectivity index (χ4n) is 1.96. The van der Waals surface area contributed by atoms with Crippen LogP contribution in [0.1, 0.15) is 31.2 Å². The zero-order valence-corrected chi connectivity index (χ0v) is 11.7. The molecule has 0 aliphatic heterocycles. The van der Waals surface area contributed by atoms with E-state index < -0.39 is 5.97 Å². The summed E-state index contributed by atoms with van der Waals surface area (Å²) in [6, 6.07) is 9.30. The summed E-state index contributed by atoms with van der Waals surface area (Å²) in [4.78, 5) is 11.1. The van der Waals surface area contributed by atoms with Gasteiger partial charge >= 0.3 is 5.97 Å². The SMILES string of the molecule is O=C(O)/C(C#Cc1ccccc1)=C/C#CC1=CCCCC1. The van der Waals surface area contributed by atoms with Crippen molar-refractivity contribution >= 4 is 5.97 Å². The molecule has 1 aliphatic carbocycles. The van der Waals surface area contributed by atoms with Crippen LogP contribution in [0.25, 0.3) is 0 Å². The van der Waals surface area contributed by atoms with Gasteiger partial charge in [-0.2, -0.15) is 0 Å². The van der Waals surface area contributed by atoms with Crippen molar-refractivity contribution in [1.29, 1.82) is 0 Å². The Morgan fingerprint density at radius 2 is 1.95 bits per heavy atom. The van der Waals surface area contributed by atoms with E-state index in [1.54, 1.807) is 0 Å². The van der Waals surface area contributed by atoms with Crippen LogP contribution in [0.4, 0.5) is 0 Å². The van der Waals surface area contributed by atoms with Crippen molar-refractivity contribution in [3.63, 3.8) is 0 Å². The Hall–Kier alpha value is -2.71. The molecule has 2 rings (SSSR count). The van der Waals surface area contributed by atoms with Crippen LogP contribution in [-0.2, 0) is 4.79 Å². The molecule has 0 amide bonds. The first-order valence-corrected chi connectivity index (χ1v) is 6.97. The van der Waals surface area contributed by atoms with Crippen molar-refractivity contribution in [3.05, 3.63) is 59.2 Å². The lowest BCUT2D eigenvalue weighted by atomic mass is 10.0. The Bertz CT molecular complexity index is 686. The fraction of sp³-hybridized carbons (Fsp3) is 0.211. The highest BCUT2D eigenvalue weighted by Crippen LogP contribution is 2.16. The summed E-state index contributed by atoms with van der Waals surface area (Å²) in [5.74, 6) is 10.3. The first-order chi connectivity index (χ1) is 10.3. The van der Waals surface area contributed by atoms with Crippen molar-refractivity contribution in [2.45, 2.75) is 25.7 Å². The van der Waals surface area contributed by atoms with Gasteiger partial charge in [-0.1, -0.05) is 48.0 Å². The number of hydrogen-bond acceptors (Lipinski definition) is 1. The zero-order chi connectivity index (χ0) is 14.9. The van der Waals surface area contributed by atoms with Crippen LogP contribution < -0.4 is 0 Å². The molecule has 0 fully saturated rings. The first-order valence-electron chi connectivity index (χ1n) is 6.97. The normalized spacial score (nSPS) is 14.1. The molecule has 0 aromatic heterocycles. The van der Waals surface area contributed by atoms with Crippen LogP contribution in [0.2, 0.25) is 0 Å². The summed E-state index contributed by atoms with van der Waals surface area (Å²) < 4.78 is 0. The van der Waals surface area contributed by atoms with Gasteiger partial charge in [-0.15, -0.1) is 0 Å². The van der Waals surface area contributed by atoms with Crippen molar-refractivity contribution < 1.29 is 9.90 Å². The molecular formula is C19H16O2. The maximum Gasteiger partial charge on any atom is 0.344 e. The van der Waals surface area contributed by atoms with Crippen LogP contribution in [0.5, 0.6) is 0 Å². The second-order valence-electron chi connectivity index (χ2n) is 4.72. The number of allylic oxidation sites excluding steroid dienone is 3. The molecule has 0 saturated heterocycles. The second-order valence-corrected chi connectivity index (χ2v) is 4.72. The van der Waals surface area contributed by atoms with Gasteiger partial charge in [-0.05, 0) is 43.4 Å². The van der Waals surface area contributed by atoms with E-state index in [2.05, 4.69) is 29.8 Å². The Labute approximate surface area is 125 Å². The van der Waals surface area contributed by atoms with E-state index in [1.165, 1.54) is 12.5 Å². The molecule has 0 saturated carbocycles. The van der Waals surface area contributed by atoms with E-state index in [0.717, 1.165) is 30.4 Å². The summed E-state index contributed by atoms with van der Waals surface area (Å²) in [5.41, 5.74) is 1.90. The van der Waals surface area contributed by atoms with E-state index in [0.29, 0.717) is 0 Å². The molecule has 0 radical (unpaired) electrons. The van der Waals surface area contributed by atoms with Crippen LogP contribution in [0.15, 0.2) is 53.6 Å². The highest BCUT2D eigenvalue weighted by molar-refractivity contribution is 5.92. The molecule has 2 heteroatoms. The topological polar surface area (TPSA) is 37.3 Å². The molecule has 104 valence electrons. The molecule has 0 spiro atoms. The molecular weight excluding hydrogens is 260 g/mol. The predicted octanol–water partition coefficient (Wildman–Crippen LogP) is 3.55. The number of carbonyl (C=O) groups is 1. The van der Waals surface area contributed by atoms with Crippen LogP contribution in [0.3, 0.4) is 0 Å². The van der Waals surface area contributed by atoms with Crippen LogP contribution in [0, 0.1) is 23.7 Å². The highest BCUT2D eigenvalue weighted by atomic mass is 16.4. The third kappa shape index (κ3) is 5.05. The lowest BCUT2D eigenvalue weighted by molar-refractivity contribution is -0.132. The Balaban J connectivity index is 2.14. The van der Waals surface area contributed by atoms with Crippen LogP contribution >= 0.6 is 0 Å². The Morgan fingerprint density at radius 3 is 2.62 bits per heavy atom. The lowest BCUT2D eigenvalue weighted by Gasteiger charge is -2.05. The summed E-state index contributed by atoms with van der Waals surface area (Å²) in [7, 11) is 0. The maximum absolute atomic E-state index is 11.1. The van der Waals surface area contributed by atoms with Gasteiger partial charge in [-0.25, -0.2) is 4.79 Å². The summed E-state index contributed by atoms with van der Waals surface area (Å²) in [6.45, 7) is 0. The largest absolute Gasteiger partial charge is 0.477 e. The molecule has 0 heterocycles.